The summed E-state index contributed by atoms with van der Waals surface area (Å²) in [6.07, 6.45) is 8.55. The summed E-state index contributed by atoms with van der Waals surface area (Å²) in [6.45, 7) is 5.38. The molecule has 1 aliphatic carbocycles. The highest BCUT2D eigenvalue weighted by Crippen LogP contribution is 2.27. The van der Waals surface area contributed by atoms with Crippen LogP contribution in [0.25, 0.3) is 0 Å². The molecule has 1 saturated heterocycles. The molecule has 4 rings (SSSR count). The Balaban J connectivity index is 1.37. The van der Waals surface area contributed by atoms with Gasteiger partial charge >= 0.3 is 0 Å². The van der Waals surface area contributed by atoms with E-state index < -0.39 is 0 Å². The molecule has 0 unspecified atom stereocenters. The number of likely N-dealkylation sites (N-methyl/N-ethyl adjacent to an activating group) is 1. The maximum Gasteiger partial charge on any atom is 0.275 e. The quantitative estimate of drug-likeness (QED) is 0.768. The van der Waals surface area contributed by atoms with Gasteiger partial charge in [0.15, 0.2) is 0 Å². The highest BCUT2D eigenvalue weighted by Gasteiger charge is 2.20. The first-order chi connectivity index (χ1) is 14.6. The molecule has 1 aromatic carbocycles. The van der Waals surface area contributed by atoms with Crippen LogP contribution in [0.5, 0.6) is 0 Å². The lowest BCUT2D eigenvalue weighted by Gasteiger charge is -2.32. The molecule has 0 atom stereocenters. The van der Waals surface area contributed by atoms with Crippen molar-refractivity contribution in [1.82, 2.24) is 20.0 Å². The summed E-state index contributed by atoms with van der Waals surface area (Å²) in [4.78, 5) is 19.8. The van der Waals surface area contributed by atoms with E-state index in [1.165, 1.54) is 24.1 Å². The number of nitrogens with one attached hydrogen (secondary N) is 2. The monoisotopic (exact) mass is 408 g/mol. The van der Waals surface area contributed by atoms with Crippen molar-refractivity contribution in [2.75, 3.05) is 50.5 Å². The maximum absolute atomic E-state index is 12.9. The zero-order valence-electron chi connectivity index (χ0n) is 18.0. The molecular weight excluding hydrogens is 376 g/mol. The van der Waals surface area contributed by atoms with Crippen LogP contribution in [0.2, 0.25) is 0 Å². The second-order valence-corrected chi connectivity index (χ2v) is 8.36. The first-order valence-electron chi connectivity index (χ1n) is 10.9. The lowest BCUT2D eigenvalue weighted by atomic mass is 10.0. The molecule has 2 heterocycles. The smallest absolute Gasteiger partial charge is 0.275 e. The Morgan fingerprint density at radius 1 is 1.17 bits per heavy atom. The van der Waals surface area contributed by atoms with Crippen molar-refractivity contribution in [1.29, 1.82) is 0 Å². The van der Waals surface area contributed by atoms with Crippen LogP contribution >= 0.6 is 0 Å². The van der Waals surface area contributed by atoms with Gasteiger partial charge in [0.25, 0.3) is 5.91 Å². The minimum atomic E-state index is -0.169. The minimum Gasteiger partial charge on any atom is -0.345 e. The van der Waals surface area contributed by atoms with Crippen molar-refractivity contribution in [3.05, 3.63) is 53.5 Å². The average Bonchev–Trinajstić information content (AvgIpc) is 3.27. The number of amides is 1. The molecule has 0 saturated carbocycles. The molecule has 0 bridgehead atoms. The van der Waals surface area contributed by atoms with Crippen molar-refractivity contribution >= 4 is 17.3 Å². The van der Waals surface area contributed by atoms with Crippen LogP contribution in [0, 0.1) is 0 Å². The van der Waals surface area contributed by atoms with Gasteiger partial charge in [-0.15, -0.1) is 0 Å². The predicted molar refractivity (Wildman–Crippen MR) is 121 cm³/mol. The fourth-order valence-electron chi connectivity index (χ4n) is 4.13. The summed E-state index contributed by atoms with van der Waals surface area (Å²) in [6, 6.07) is 8.15. The van der Waals surface area contributed by atoms with E-state index in [9.17, 15) is 4.79 Å². The van der Waals surface area contributed by atoms with Gasteiger partial charge in [0.1, 0.15) is 5.69 Å². The topological polar surface area (TPSA) is 67.5 Å². The number of rotatable bonds is 6. The third-order valence-corrected chi connectivity index (χ3v) is 6.12. The summed E-state index contributed by atoms with van der Waals surface area (Å²) >= 11 is 0. The van der Waals surface area contributed by atoms with Crippen molar-refractivity contribution < 1.29 is 4.79 Å². The molecule has 7 heteroatoms. The van der Waals surface area contributed by atoms with Crippen LogP contribution in [-0.4, -0.2) is 66.2 Å². The number of carbonyl (C=O) groups excluding carboxylic acids is 1. The molecule has 1 aromatic heterocycles. The number of piperazine rings is 1. The zero-order chi connectivity index (χ0) is 20.9. The molecule has 7 nitrogen and oxygen atoms in total. The van der Waals surface area contributed by atoms with Crippen molar-refractivity contribution in [2.24, 2.45) is 0 Å². The number of benzene rings is 1. The number of hydrogen-bond acceptors (Lipinski definition) is 5. The van der Waals surface area contributed by atoms with Gasteiger partial charge in [0.2, 0.25) is 0 Å². The lowest BCUT2D eigenvalue weighted by Crippen LogP contribution is -2.43. The number of H-pyrrole nitrogens is 1. The molecular formula is C23H32N6O. The van der Waals surface area contributed by atoms with E-state index in [1.807, 2.05) is 19.2 Å². The van der Waals surface area contributed by atoms with E-state index in [-0.39, 0.29) is 5.91 Å². The average molecular weight is 409 g/mol. The van der Waals surface area contributed by atoms with E-state index in [0.29, 0.717) is 5.69 Å². The predicted octanol–water partition coefficient (Wildman–Crippen LogP) is 3.30. The lowest BCUT2D eigenvalue weighted by molar-refractivity contribution is 0.102. The Morgan fingerprint density at radius 3 is 2.63 bits per heavy atom. The second kappa shape index (κ2) is 9.45. The SMILES string of the molecule is CN1CCN(Cc2ccc(NC(=O)c3[nH]ncc3N(C)C3=CCCCC3)cc2)CC1. The van der Waals surface area contributed by atoms with Gasteiger partial charge in [-0.3, -0.25) is 14.8 Å². The van der Waals surface area contributed by atoms with Gasteiger partial charge in [-0.25, -0.2) is 0 Å². The zero-order valence-corrected chi connectivity index (χ0v) is 18.0. The normalized spacial score (nSPS) is 18.1. The molecule has 2 N–H and O–H groups in total. The number of aromatic nitrogens is 2. The largest absolute Gasteiger partial charge is 0.345 e. The Kier molecular flexibility index (Phi) is 6.50. The molecule has 1 amide bonds. The number of aromatic amines is 1. The minimum absolute atomic E-state index is 0.169. The Bertz CT molecular complexity index is 879. The molecule has 0 spiro atoms. The van der Waals surface area contributed by atoms with Crippen LogP contribution < -0.4 is 10.2 Å². The number of anilines is 2. The van der Waals surface area contributed by atoms with E-state index in [4.69, 9.17) is 0 Å². The van der Waals surface area contributed by atoms with Crippen molar-refractivity contribution in [3.8, 4) is 0 Å². The van der Waals surface area contributed by atoms with Gasteiger partial charge < -0.3 is 15.1 Å². The van der Waals surface area contributed by atoms with E-state index in [2.05, 4.69) is 55.5 Å². The summed E-state index contributed by atoms with van der Waals surface area (Å²) in [5.41, 5.74) is 4.62. The molecule has 30 heavy (non-hydrogen) atoms. The molecule has 2 aliphatic rings. The highest BCUT2D eigenvalue weighted by atomic mass is 16.2. The van der Waals surface area contributed by atoms with Crippen LogP contribution in [-0.2, 0) is 6.54 Å². The van der Waals surface area contributed by atoms with E-state index >= 15 is 0 Å². The number of allylic oxidation sites excluding steroid dienone is 2. The number of nitrogens with zero attached hydrogens (tertiary/aromatic N) is 4. The highest BCUT2D eigenvalue weighted by molar-refractivity contribution is 6.06. The van der Waals surface area contributed by atoms with Gasteiger partial charge in [0, 0.05) is 51.2 Å². The Hall–Kier alpha value is -2.64. The van der Waals surface area contributed by atoms with Crippen LogP contribution in [0.3, 0.4) is 0 Å². The van der Waals surface area contributed by atoms with E-state index in [0.717, 1.165) is 56.9 Å². The number of hydrogen-bond donors (Lipinski definition) is 2. The standard InChI is InChI=1S/C23H32N6O/c1-27-12-14-29(15-13-27)17-18-8-10-19(11-9-18)25-23(30)22-21(16-24-26-22)28(2)20-6-4-3-5-7-20/h6,8-11,16H,3-5,7,12-15,17H2,1-2H3,(H,24,26)(H,25,30). The maximum atomic E-state index is 12.9. The molecule has 2 aromatic rings. The molecule has 0 radical (unpaired) electrons. The third kappa shape index (κ3) is 4.91. The van der Waals surface area contributed by atoms with Crippen LogP contribution in [0.15, 0.2) is 42.2 Å². The van der Waals surface area contributed by atoms with Crippen molar-refractivity contribution in [2.45, 2.75) is 32.2 Å². The molecule has 160 valence electrons. The summed E-state index contributed by atoms with van der Waals surface area (Å²) in [5.74, 6) is -0.169. The first kappa shape index (κ1) is 20.6. The van der Waals surface area contributed by atoms with Crippen LogP contribution in [0.4, 0.5) is 11.4 Å². The van der Waals surface area contributed by atoms with Gasteiger partial charge in [0.05, 0.1) is 11.9 Å². The van der Waals surface area contributed by atoms with Crippen LogP contribution in [0.1, 0.15) is 41.7 Å². The van der Waals surface area contributed by atoms with Gasteiger partial charge in [-0.05, 0) is 50.4 Å². The summed E-state index contributed by atoms with van der Waals surface area (Å²) in [5, 5.41) is 10.00. The summed E-state index contributed by atoms with van der Waals surface area (Å²) < 4.78 is 0. The van der Waals surface area contributed by atoms with Gasteiger partial charge in [-0.2, -0.15) is 5.10 Å². The fourth-order valence-corrected chi connectivity index (χ4v) is 4.13. The second-order valence-electron chi connectivity index (χ2n) is 8.36. The van der Waals surface area contributed by atoms with Gasteiger partial charge in [-0.1, -0.05) is 18.2 Å². The first-order valence-corrected chi connectivity index (χ1v) is 10.9. The Labute approximate surface area is 178 Å². The Morgan fingerprint density at radius 2 is 1.93 bits per heavy atom. The summed E-state index contributed by atoms with van der Waals surface area (Å²) in [7, 11) is 4.18. The van der Waals surface area contributed by atoms with E-state index in [1.54, 1.807) is 6.20 Å². The third-order valence-electron chi connectivity index (χ3n) is 6.12. The molecule has 1 aliphatic heterocycles. The number of carbonyl (C=O) groups is 1. The fraction of sp³-hybridized carbons (Fsp3) is 0.478. The molecule has 1 fully saturated rings. The van der Waals surface area contributed by atoms with Crippen molar-refractivity contribution in [3.63, 3.8) is 0 Å².